The van der Waals surface area contributed by atoms with Gasteiger partial charge in [0.05, 0.1) is 11.0 Å². The van der Waals surface area contributed by atoms with E-state index in [9.17, 15) is 9.90 Å². The van der Waals surface area contributed by atoms with Crippen molar-refractivity contribution in [3.8, 4) is 5.75 Å². The third-order valence-corrected chi connectivity index (χ3v) is 4.45. The van der Waals surface area contributed by atoms with Crippen molar-refractivity contribution in [3.63, 3.8) is 0 Å². The molecular formula is C24H18O3. The fourth-order valence-electron chi connectivity index (χ4n) is 3.08. The highest BCUT2D eigenvalue weighted by Crippen LogP contribution is 2.38. The first-order chi connectivity index (χ1) is 13.1. The quantitative estimate of drug-likeness (QED) is 0.368. The monoisotopic (exact) mass is 354 g/mol. The van der Waals surface area contributed by atoms with Crippen molar-refractivity contribution < 1.29 is 14.3 Å². The van der Waals surface area contributed by atoms with E-state index in [1.807, 2.05) is 67.6 Å². The average molecular weight is 354 g/mol. The molecule has 0 aliphatic heterocycles. The second kappa shape index (κ2) is 6.96. The lowest BCUT2D eigenvalue weighted by atomic mass is 9.98. The Morgan fingerprint density at radius 3 is 2.30 bits per heavy atom. The lowest BCUT2D eigenvalue weighted by Crippen LogP contribution is -2.02. The van der Waals surface area contributed by atoms with Gasteiger partial charge in [-0.3, -0.25) is 4.79 Å². The van der Waals surface area contributed by atoms with Gasteiger partial charge in [-0.15, -0.1) is 0 Å². The van der Waals surface area contributed by atoms with Crippen molar-refractivity contribution in [1.29, 1.82) is 0 Å². The molecule has 0 bridgehead atoms. The molecule has 0 amide bonds. The molecule has 0 spiro atoms. The SMILES string of the molecule is Cc1ccc2oc(/C(=C/c3ccccc3)C(=O)c3ccccc3)c(O)c2c1. The van der Waals surface area contributed by atoms with Crippen LogP contribution in [0.15, 0.2) is 83.3 Å². The van der Waals surface area contributed by atoms with E-state index in [0.717, 1.165) is 11.1 Å². The van der Waals surface area contributed by atoms with Gasteiger partial charge in [0.25, 0.3) is 0 Å². The van der Waals surface area contributed by atoms with Crippen molar-refractivity contribution >= 4 is 28.4 Å². The van der Waals surface area contributed by atoms with E-state index >= 15 is 0 Å². The number of carbonyl (C=O) groups excluding carboxylic acids is 1. The highest BCUT2D eigenvalue weighted by Gasteiger charge is 2.23. The largest absolute Gasteiger partial charge is 0.504 e. The molecule has 132 valence electrons. The summed E-state index contributed by atoms with van der Waals surface area (Å²) in [5.41, 5.74) is 3.27. The molecule has 0 saturated carbocycles. The normalized spacial score (nSPS) is 11.7. The van der Waals surface area contributed by atoms with Crippen molar-refractivity contribution in [2.75, 3.05) is 0 Å². The second-order valence-corrected chi connectivity index (χ2v) is 6.44. The number of aromatic hydroxyl groups is 1. The number of hydrogen-bond donors (Lipinski definition) is 1. The zero-order chi connectivity index (χ0) is 18.8. The molecule has 0 atom stereocenters. The van der Waals surface area contributed by atoms with Gasteiger partial charge in [-0.05, 0) is 30.7 Å². The first kappa shape index (κ1) is 16.9. The Kier molecular flexibility index (Phi) is 4.35. The van der Waals surface area contributed by atoms with Crippen LogP contribution in [-0.4, -0.2) is 10.9 Å². The lowest BCUT2D eigenvalue weighted by Gasteiger charge is -2.06. The number of aryl methyl sites for hydroxylation is 1. The summed E-state index contributed by atoms with van der Waals surface area (Å²) in [6.07, 6.45) is 1.75. The van der Waals surface area contributed by atoms with E-state index in [4.69, 9.17) is 4.42 Å². The first-order valence-electron chi connectivity index (χ1n) is 8.72. The summed E-state index contributed by atoms with van der Waals surface area (Å²) in [6, 6.07) is 24.1. The lowest BCUT2D eigenvalue weighted by molar-refractivity contribution is 0.105. The van der Waals surface area contributed by atoms with Crippen LogP contribution >= 0.6 is 0 Å². The highest BCUT2D eigenvalue weighted by atomic mass is 16.4. The van der Waals surface area contributed by atoms with E-state index in [-0.39, 0.29) is 17.3 Å². The van der Waals surface area contributed by atoms with Gasteiger partial charge >= 0.3 is 0 Å². The summed E-state index contributed by atoms with van der Waals surface area (Å²) in [4.78, 5) is 13.2. The summed E-state index contributed by atoms with van der Waals surface area (Å²) in [6.45, 7) is 1.95. The van der Waals surface area contributed by atoms with E-state index < -0.39 is 0 Å². The van der Waals surface area contributed by atoms with Crippen molar-refractivity contribution in [2.24, 2.45) is 0 Å². The molecular weight excluding hydrogens is 336 g/mol. The number of carbonyl (C=O) groups is 1. The highest BCUT2D eigenvalue weighted by molar-refractivity contribution is 6.32. The van der Waals surface area contributed by atoms with Crippen molar-refractivity contribution in [3.05, 3.63) is 101 Å². The number of furan rings is 1. The Balaban J connectivity index is 1.92. The van der Waals surface area contributed by atoms with Gasteiger partial charge in [0.1, 0.15) is 5.58 Å². The second-order valence-electron chi connectivity index (χ2n) is 6.44. The topological polar surface area (TPSA) is 50.4 Å². The van der Waals surface area contributed by atoms with E-state index in [1.165, 1.54) is 0 Å². The van der Waals surface area contributed by atoms with E-state index in [1.54, 1.807) is 24.3 Å². The van der Waals surface area contributed by atoms with Crippen molar-refractivity contribution in [1.82, 2.24) is 0 Å². The van der Waals surface area contributed by atoms with Crippen LogP contribution in [0.1, 0.15) is 27.2 Å². The standard InChI is InChI=1S/C24H18O3/c1-16-12-13-21-19(14-16)23(26)24(27-21)20(15-17-8-4-2-5-9-17)22(25)18-10-6-3-7-11-18/h2-15,26H,1H3/b20-15+. The predicted octanol–water partition coefficient (Wildman–Crippen LogP) is 5.87. The smallest absolute Gasteiger partial charge is 0.196 e. The molecule has 0 unspecified atom stereocenters. The van der Waals surface area contributed by atoms with Gasteiger partial charge in [-0.1, -0.05) is 72.3 Å². The van der Waals surface area contributed by atoms with Crippen LogP contribution in [0, 0.1) is 6.92 Å². The number of Topliss-reactive ketones (excluding diaryl/α,β-unsaturated/α-hetero) is 1. The minimum atomic E-state index is -0.203. The molecule has 4 aromatic rings. The maximum Gasteiger partial charge on any atom is 0.196 e. The van der Waals surface area contributed by atoms with Gasteiger partial charge in [0.15, 0.2) is 17.3 Å². The number of hydrogen-bond acceptors (Lipinski definition) is 3. The Morgan fingerprint density at radius 1 is 0.926 bits per heavy atom. The number of ketones is 1. The van der Waals surface area contributed by atoms with Crippen molar-refractivity contribution in [2.45, 2.75) is 6.92 Å². The number of allylic oxidation sites excluding steroid dienone is 1. The maximum absolute atomic E-state index is 13.2. The summed E-state index contributed by atoms with van der Waals surface area (Å²) in [5.74, 6) is -0.0287. The Morgan fingerprint density at radius 2 is 1.59 bits per heavy atom. The Bertz CT molecular complexity index is 1140. The molecule has 0 fully saturated rings. The van der Waals surface area contributed by atoms with Crippen LogP contribution in [0.25, 0.3) is 22.6 Å². The first-order valence-corrected chi connectivity index (χ1v) is 8.72. The molecule has 4 rings (SSSR count). The van der Waals surface area contributed by atoms with Crippen LogP contribution < -0.4 is 0 Å². The number of benzene rings is 3. The van der Waals surface area contributed by atoms with Gasteiger partial charge in [-0.25, -0.2) is 0 Å². The molecule has 1 N–H and O–H groups in total. The van der Waals surface area contributed by atoms with Gasteiger partial charge in [-0.2, -0.15) is 0 Å². The molecule has 3 nitrogen and oxygen atoms in total. The molecule has 3 heteroatoms. The van der Waals surface area contributed by atoms with E-state index in [2.05, 4.69) is 0 Å². The summed E-state index contributed by atoms with van der Waals surface area (Å²) in [5, 5.41) is 11.4. The fourth-order valence-corrected chi connectivity index (χ4v) is 3.08. The third kappa shape index (κ3) is 3.27. The van der Waals surface area contributed by atoms with Crippen LogP contribution in [0.5, 0.6) is 5.75 Å². The minimum Gasteiger partial charge on any atom is -0.504 e. The molecule has 0 radical (unpaired) electrons. The number of rotatable bonds is 4. The van der Waals surface area contributed by atoms with Crippen LogP contribution in [-0.2, 0) is 0 Å². The Labute approximate surface area is 157 Å². The summed E-state index contributed by atoms with van der Waals surface area (Å²) < 4.78 is 5.89. The number of fused-ring (bicyclic) bond motifs is 1. The molecule has 0 aliphatic rings. The van der Waals surface area contributed by atoms with Crippen LogP contribution in [0.4, 0.5) is 0 Å². The molecule has 0 aliphatic carbocycles. The Hall–Kier alpha value is -3.59. The molecule has 0 saturated heterocycles. The average Bonchev–Trinajstić information content (AvgIpc) is 3.03. The van der Waals surface area contributed by atoms with Gasteiger partial charge < -0.3 is 9.52 Å². The zero-order valence-corrected chi connectivity index (χ0v) is 14.8. The van der Waals surface area contributed by atoms with Crippen LogP contribution in [0.3, 0.4) is 0 Å². The third-order valence-electron chi connectivity index (χ3n) is 4.45. The summed E-state index contributed by atoms with van der Waals surface area (Å²) in [7, 11) is 0. The molecule has 3 aromatic carbocycles. The van der Waals surface area contributed by atoms with E-state index in [0.29, 0.717) is 22.1 Å². The molecule has 1 heterocycles. The summed E-state index contributed by atoms with van der Waals surface area (Å²) >= 11 is 0. The van der Waals surface area contributed by atoms with Gasteiger partial charge in [0, 0.05) is 5.56 Å². The molecule has 27 heavy (non-hydrogen) atoms. The fraction of sp³-hybridized carbons (Fsp3) is 0.0417. The minimum absolute atomic E-state index is 0.0137. The van der Waals surface area contributed by atoms with Crippen LogP contribution in [0.2, 0.25) is 0 Å². The molecule has 1 aromatic heterocycles. The predicted molar refractivity (Wildman–Crippen MR) is 108 cm³/mol. The zero-order valence-electron chi connectivity index (χ0n) is 14.8. The maximum atomic E-state index is 13.2. The van der Waals surface area contributed by atoms with Gasteiger partial charge in [0.2, 0.25) is 0 Å².